The van der Waals surface area contributed by atoms with Crippen LogP contribution in [0.2, 0.25) is 4.34 Å². The number of carbonyl (C=O) groups is 1. The van der Waals surface area contributed by atoms with Crippen molar-refractivity contribution >= 4 is 34.6 Å². The number of benzene rings is 1. The van der Waals surface area contributed by atoms with E-state index in [4.69, 9.17) is 16.7 Å². The highest BCUT2D eigenvalue weighted by Crippen LogP contribution is 2.29. The Bertz CT molecular complexity index is 568. The highest BCUT2D eigenvalue weighted by Gasteiger charge is 2.09. The summed E-state index contributed by atoms with van der Waals surface area (Å²) >= 11 is 7.40. The fourth-order valence-corrected chi connectivity index (χ4v) is 2.69. The summed E-state index contributed by atoms with van der Waals surface area (Å²) in [4.78, 5) is 12.0. The van der Waals surface area contributed by atoms with Gasteiger partial charge in [-0.1, -0.05) is 17.7 Å². The molecule has 2 aromatic rings. The van der Waals surface area contributed by atoms with Crippen LogP contribution in [0.25, 0.3) is 0 Å². The molecule has 0 saturated carbocycles. The van der Waals surface area contributed by atoms with E-state index in [2.05, 4.69) is 5.32 Å². The molecule has 0 saturated heterocycles. The van der Waals surface area contributed by atoms with Crippen LogP contribution in [0.4, 0.5) is 5.69 Å². The van der Waals surface area contributed by atoms with Crippen LogP contribution < -0.4 is 5.32 Å². The van der Waals surface area contributed by atoms with Gasteiger partial charge in [-0.2, -0.15) is 0 Å². The highest BCUT2D eigenvalue weighted by molar-refractivity contribution is 7.16. The van der Waals surface area contributed by atoms with Crippen molar-refractivity contribution in [3.05, 3.63) is 51.2 Å². The second kappa shape index (κ2) is 5.42. The minimum absolute atomic E-state index is 0.0894. The fourth-order valence-electron chi connectivity index (χ4n) is 1.62. The lowest BCUT2D eigenvalue weighted by molar-refractivity contribution is 0.0697. The molecule has 0 aliphatic heterocycles. The molecule has 0 spiro atoms. The minimum Gasteiger partial charge on any atom is -0.478 e. The van der Waals surface area contributed by atoms with E-state index in [1.165, 1.54) is 11.3 Å². The predicted molar refractivity (Wildman–Crippen MR) is 74.8 cm³/mol. The maximum atomic E-state index is 10.9. The van der Waals surface area contributed by atoms with Crippen LogP contribution in [0.1, 0.15) is 28.2 Å². The first-order valence-corrected chi connectivity index (χ1v) is 6.61. The molecule has 5 heteroatoms. The van der Waals surface area contributed by atoms with Crippen molar-refractivity contribution in [2.75, 3.05) is 5.32 Å². The van der Waals surface area contributed by atoms with Crippen LogP contribution in [0.15, 0.2) is 36.4 Å². The van der Waals surface area contributed by atoms with Gasteiger partial charge in [0.05, 0.1) is 15.9 Å². The quantitative estimate of drug-likeness (QED) is 0.880. The largest absolute Gasteiger partial charge is 0.478 e. The van der Waals surface area contributed by atoms with Gasteiger partial charge in [0.1, 0.15) is 0 Å². The SMILES string of the molecule is CC(Nc1cccc(C(=O)O)c1)c1ccc(Cl)s1. The van der Waals surface area contributed by atoms with Crippen LogP contribution in [0, 0.1) is 0 Å². The van der Waals surface area contributed by atoms with E-state index in [0.717, 1.165) is 14.9 Å². The van der Waals surface area contributed by atoms with Crippen LogP contribution >= 0.6 is 22.9 Å². The minimum atomic E-state index is -0.925. The van der Waals surface area contributed by atoms with Crippen molar-refractivity contribution in [2.45, 2.75) is 13.0 Å². The van der Waals surface area contributed by atoms with E-state index in [9.17, 15) is 4.79 Å². The lowest BCUT2D eigenvalue weighted by Gasteiger charge is -2.13. The number of carboxylic acid groups (broad SMARTS) is 1. The highest BCUT2D eigenvalue weighted by atomic mass is 35.5. The number of rotatable bonds is 4. The molecule has 0 aliphatic rings. The van der Waals surface area contributed by atoms with Crippen LogP contribution in [0.5, 0.6) is 0 Å². The van der Waals surface area contributed by atoms with E-state index in [-0.39, 0.29) is 11.6 Å². The van der Waals surface area contributed by atoms with E-state index in [1.807, 2.05) is 25.1 Å². The van der Waals surface area contributed by atoms with Gasteiger partial charge in [0.15, 0.2) is 0 Å². The van der Waals surface area contributed by atoms with Crippen molar-refractivity contribution in [1.29, 1.82) is 0 Å². The topological polar surface area (TPSA) is 49.3 Å². The third-order valence-electron chi connectivity index (χ3n) is 2.51. The smallest absolute Gasteiger partial charge is 0.335 e. The van der Waals surface area contributed by atoms with Crippen molar-refractivity contribution < 1.29 is 9.90 Å². The average Bonchev–Trinajstić information content (AvgIpc) is 2.76. The molecule has 3 nitrogen and oxygen atoms in total. The Morgan fingerprint density at radius 3 is 2.78 bits per heavy atom. The summed E-state index contributed by atoms with van der Waals surface area (Å²) in [6.07, 6.45) is 0. The molecule has 2 rings (SSSR count). The first kappa shape index (κ1) is 12.9. The molecule has 1 unspecified atom stereocenters. The van der Waals surface area contributed by atoms with Gasteiger partial charge < -0.3 is 10.4 Å². The molecule has 2 N–H and O–H groups in total. The summed E-state index contributed by atoms with van der Waals surface area (Å²) in [7, 11) is 0. The number of nitrogens with one attached hydrogen (secondary N) is 1. The van der Waals surface area contributed by atoms with Gasteiger partial charge in [0.25, 0.3) is 0 Å². The fraction of sp³-hybridized carbons (Fsp3) is 0.154. The van der Waals surface area contributed by atoms with Gasteiger partial charge in [-0.3, -0.25) is 0 Å². The molecule has 1 heterocycles. The Morgan fingerprint density at radius 2 is 2.17 bits per heavy atom. The molecule has 0 fully saturated rings. The lowest BCUT2D eigenvalue weighted by Crippen LogP contribution is -2.06. The summed E-state index contributed by atoms with van der Waals surface area (Å²) in [6, 6.07) is 10.7. The molecule has 1 aromatic carbocycles. The number of aromatic carboxylic acids is 1. The molecule has 18 heavy (non-hydrogen) atoms. The summed E-state index contributed by atoms with van der Waals surface area (Å²) in [6.45, 7) is 2.01. The predicted octanol–water partition coefficient (Wildman–Crippen LogP) is 4.27. The van der Waals surface area contributed by atoms with E-state index in [0.29, 0.717) is 0 Å². The second-order valence-electron chi connectivity index (χ2n) is 3.89. The zero-order valence-electron chi connectivity index (χ0n) is 9.68. The summed E-state index contributed by atoms with van der Waals surface area (Å²) in [5.74, 6) is -0.925. The van der Waals surface area contributed by atoms with Crippen molar-refractivity contribution in [2.24, 2.45) is 0 Å². The number of carboxylic acids is 1. The van der Waals surface area contributed by atoms with Gasteiger partial charge in [-0.15, -0.1) is 11.3 Å². The third-order valence-corrected chi connectivity index (χ3v) is 3.93. The molecular weight excluding hydrogens is 270 g/mol. The van der Waals surface area contributed by atoms with E-state index >= 15 is 0 Å². The Morgan fingerprint density at radius 1 is 1.39 bits per heavy atom. The molecule has 0 bridgehead atoms. The van der Waals surface area contributed by atoms with Crippen LogP contribution in [-0.2, 0) is 0 Å². The number of hydrogen-bond acceptors (Lipinski definition) is 3. The maximum Gasteiger partial charge on any atom is 0.335 e. The van der Waals surface area contributed by atoms with Crippen molar-refractivity contribution in [3.8, 4) is 0 Å². The van der Waals surface area contributed by atoms with Gasteiger partial charge in [-0.25, -0.2) is 4.79 Å². The summed E-state index contributed by atoms with van der Waals surface area (Å²) in [5, 5.41) is 12.2. The van der Waals surface area contributed by atoms with Crippen molar-refractivity contribution in [3.63, 3.8) is 0 Å². The number of anilines is 1. The zero-order chi connectivity index (χ0) is 13.1. The molecular formula is C13H12ClNO2S. The number of thiophene rings is 1. The summed E-state index contributed by atoms with van der Waals surface area (Å²) in [5.41, 5.74) is 1.06. The molecule has 94 valence electrons. The monoisotopic (exact) mass is 281 g/mol. The zero-order valence-corrected chi connectivity index (χ0v) is 11.3. The van der Waals surface area contributed by atoms with Gasteiger partial charge >= 0.3 is 5.97 Å². The first-order chi connectivity index (χ1) is 8.56. The Labute approximate surface area is 114 Å². The standard InChI is InChI=1S/C13H12ClNO2S/c1-8(11-5-6-12(14)18-11)15-10-4-2-3-9(7-10)13(16)17/h2-8,15H,1H3,(H,16,17). The van der Waals surface area contributed by atoms with E-state index < -0.39 is 5.97 Å². The Hall–Kier alpha value is -1.52. The third kappa shape index (κ3) is 3.03. The van der Waals surface area contributed by atoms with Crippen molar-refractivity contribution in [1.82, 2.24) is 0 Å². The Balaban J connectivity index is 2.14. The van der Waals surface area contributed by atoms with Crippen LogP contribution in [0.3, 0.4) is 0 Å². The average molecular weight is 282 g/mol. The second-order valence-corrected chi connectivity index (χ2v) is 5.64. The molecule has 1 aromatic heterocycles. The molecule has 0 amide bonds. The maximum absolute atomic E-state index is 10.9. The number of hydrogen-bond donors (Lipinski definition) is 2. The van der Waals surface area contributed by atoms with E-state index in [1.54, 1.807) is 18.2 Å². The molecule has 0 radical (unpaired) electrons. The number of halogens is 1. The van der Waals surface area contributed by atoms with Gasteiger partial charge in [0, 0.05) is 10.6 Å². The van der Waals surface area contributed by atoms with Gasteiger partial charge in [-0.05, 0) is 37.3 Å². The molecule has 0 aliphatic carbocycles. The lowest BCUT2D eigenvalue weighted by atomic mass is 10.2. The normalized spacial score (nSPS) is 12.1. The Kier molecular flexibility index (Phi) is 3.89. The first-order valence-electron chi connectivity index (χ1n) is 5.41. The van der Waals surface area contributed by atoms with Crippen LogP contribution in [-0.4, -0.2) is 11.1 Å². The van der Waals surface area contributed by atoms with Gasteiger partial charge in [0.2, 0.25) is 0 Å². The molecule has 1 atom stereocenters. The summed E-state index contributed by atoms with van der Waals surface area (Å²) < 4.78 is 0.748.